The van der Waals surface area contributed by atoms with Crippen LogP contribution in [0.1, 0.15) is 123 Å². The molecule has 0 saturated carbocycles. The summed E-state index contributed by atoms with van der Waals surface area (Å²) in [6.45, 7) is 8.93. The molecule has 0 aliphatic heterocycles. The molecule has 0 unspecified atom stereocenters. The largest absolute Gasteiger partial charge is 0.332 e. The van der Waals surface area contributed by atoms with E-state index in [2.05, 4.69) is 23.7 Å². The van der Waals surface area contributed by atoms with Crippen molar-refractivity contribution in [3.05, 3.63) is 27.2 Å². The van der Waals surface area contributed by atoms with Crippen LogP contribution in [-0.4, -0.2) is 43.2 Å². The first kappa shape index (κ1) is 31.3. The van der Waals surface area contributed by atoms with E-state index in [9.17, 15) is 9.59 Å². The van der Waals surface area contributed by atoms with Crippen molar-refractivity contribution in [1.82, 2.24) is 23.6 Å². The minimum atomic E-state index is -0.267. The van der Waals surface area contributed by atoms with E-state index in [1.165, 1.54) is 125 Å². The van der Waals surface area contributed by atoms with E-state index in [0.717, 1.165) is 12.8 Å². The van der Waals surface area contributed by atoms with Crippen molar-refractivity contribution in [1.29, 1.82) is 0 Å². The van der Waals surface area contributed by atoms with Crippen LogP contribution in [0.4, 0.5) is 0 Å². The molecular weight excluding hydrogens is 462 g/mol. The van der Waals surface area contributed by atoms with Gasteiger partial charge in [0.2, 0.25) is 0 Å². The van der Waals surface area contributed by atoms with Gasteiger partial charge in [-0.05, 0) is 45.3 Å². The topological polar surface area (TPSA) is 65.1 Å². The van der Waals surface area contributed by atoms with Gasteiger partial charge in [-0.1, -0.05) is 97.3 Å². The fourth-order valence-electron chi connectivity index (χ4n) is 5.30. The first-order valence-corrected chi connectivity index (χ1v) is 15.3. The molecule has 0 amide bonds. The summed E-state index contributed by atoms with van der Waals surface area (Å²) < 4.78 is 4.56. The lowest BCUT2D eigenvalue weighted by atomic mass is 10.1. The molecule has 0 bridgehead atoms. The van der Waals surface area contributed by atoms with Gasteiger partial charge in [0.05, 0.1) is 6.33 Å². The molecule has 0 N–H and O–H groups in total. The number of hydrogen-bond donors (Lipinski definition) is 0. The van der Waals surface area contributed by atoms with Crippen LogP contribution < -0.4 is 11.2 Å². The molecule has 7 heteroatoms. The van der Waals surface area contributed by atoms with Gasteiger partial charge in [0, 0.05) is 20.6 Å². The van der Waals surface area contributed by atoms with E-state index >= 15 is 0 Å². The van der Waals surface area contributed by atoms with Gasteiger partial charge in [0.25, 0.3) is 5.56 Å². The maximum absolute atomic E-state index is 12.8. The van der Waals surface area contributed by atoms with Gasteiger partial charge >= 0.3 is 5.69 Å². The van der Waals surface area contributed by atoms with Gasteiger partial charge < -0.3 is 9.47 Å². The zero-order chi connectivity index (χ0) is 26.9. The molecule has 0 saturated heterocycles. The van der Waals surface area contributed by atoms with Crippen LogP contribution in [0.3, 0.4) is 0 Å². The Balaban J connectivity index is 1.56. The van der Waals surface area contributed by atoms with Crippen LogP contribution in [-0.2, 0) is 20.6 Å². The van der Waals surface area contributed by atoms with Gasteiger partial charge in [-0.2, -0.15) is 0 Å². The maximum atomic E-state index is 12.8. The zero-order valence-corrected chi connectivity index (χ0v) is 24.5. The summed E-state index contributed by atoms with van der Waals surface area (Å²) in [6, 6.07) is 0. The number of nitrogens with zero attached hydrogens (tertiary/aromatic N) is 5. The molecule has 0 spiro atoms. The molecule has 2 rings (SSSR count). The van der Waals surface area contributed by atoms with Crippen LogP contribution in [0.15, 0.2) is 15.9 Å². The van der Waals surface area contributed by atoms with Gasteiger partial charge in [0.15, 0.2) is 11.2 Å². The standard InChI is InChI=1S/C30H55N5O2/c1-5-7-9-18-22-34(23-19-10-8-6-2)24-20-16-14-12-11-13-15-17-21-25-35-29(36)27-28(31-26-32(27)3)33(4)30(35)37/h26H,5-25H2,1-4H3. The van der Waals surface area contributed by atoms with Gasteiger partial charge in [-0.25, -0.2) is 9.78 Å². The monoisotopic (exact) mass is 517 g/mol. The summed E-state index contributed by atoms with van der Waals surface area (Å²) in [5, 5.41) is 0. The predicted molar refractivity (Wildman–Crippen MR) is 156 cm³/mol. The second-order valence-electron chi connectivity index (χ2n) is 11.0. The molecule has 2 heterocycles. The van der Waals surface area contributed by atoms with Gasteiger partial charge in [-0.3, -0.25) is 13.9 Å². The number of rotatable bonds is 22. The van der Waals surface area contributed by atoms with Crippen molar-refractivity contribution in [3.63, 3.8) is 0 Å². The summed E-state index contributed by atoms with van der Waals surface area (Å²) in [4.78, 5) is 32.3. The Bertz CT molecular complexity index is 978. The Hall–Kier alpha value is -1.89. The first-order valence-electron chi connectivity index (χ1n) is 15.3. The normalized spacial score (nSPS) is 11.8. The fourth-order valence-corrected chi connectivity index (χ4v) is 5.30. The third kappa shape index (κ3) is 10.8. The number of fused-ring (bicyclic) bond motifs is 1. The lowest BCUT2D eigenvalue weighted by molar-refractivity contribution is 0.254. The van der Waals surface area contributed by atoms with Crippen LogP contribution in [0.25, 0.3) is 11.2 Å². The SMILES string of the molecule is CCCCCCN(CCCCCC)CCCCCCCCCCCn1c(=O)c2c(ncn2C)n(C)c1=O. The highest BCUT2D eigenvalue weighted by Crippen LogP contribution is 2.12. The van der Waals surface area contributed by atoms with Crippen molar-refractivity contribution in [3.8, 4) is 0 Å². The molecule has 212 valence electrons. The molecule has 2 aromatic heterocycles. The third-order valence-electron chi connectivity index (χ3n) is 7.71. The number of imidazole rings is 1. The van der Waals surface area contributed by atoms with Gasteiger partial charge in [-0.15, -0.1) is 0 Å². The predicted octanol–water partition coefficient (Wildman–Crippen LogP) is 6.41. The molecule has 37 heavy (non-hydrogen) atoms. The highest BCUT2D eigenvalue weighted by atomic mass is 16.2. The van der Waals surface area contributed by atoms with E-state index in [1.807, 2.05) is 0 Å². The number of aryl methyl sites for hydroxylation is 2. The lowest BCUT2D eigenvalue weighted by Gasteiger charge is -2.22. The van der Waals surface area contributed by atoms with E-state index in [-0.39, 0.29) is 11.2 Å². The summed E-state index contributed by atoms with van der Waals surface area (Å²) in [5.41, 5.74) is 0.467. The van der Waals surface area contributed by atoms with Crippen molar-refractivity contribution in [2.24, 2.45) is 14.1 Å². The molecular formula is C30H55N5O2. The smallest absolute Gasteiger partial charge is 0.328 e. The van der Waals surface area contributed by atoms with E-state index in [0.29, 0.717) is 17.7 Å². The van der Waals surface area contributed by atoms with E-state index in [4.69, 9.17) is 0 Å². The zero-order valence-electron chi connectivity index (χ0n) is 24.5. The number of unbranched alkanes of at least 4 members (excludes halogenated alkanes) is 14. The number of hydrogen-bond acceptors (Lipinski definition) is 4. The Morgan fingerprint density at radius 1 is 0.676 bits per heavy atom. The molecule has 0 aliphatic rings. The summed E-state index contributed by atoms with van der Waals surface area (Å²) in [6.07, 6.45) is 23.5. The Morgan fingerprint density at radius 2 is 1.14 bits per heavy atom. The molecule has 0 radical (unpaired) electrons. The third-order valence-corrected chi connectivity index (χ3v) is 7.71. The van der Waals surface area contributed by atoms with Crippen molar-refractivity contribution >= 4 is 11.2 Å². The quantitative estimate of drug-likeness (QED) is 0.169. The summed E-state index contributed by atoms with van der Waals surface area (Å²) in [7, 11) is 3.48. The second-order valence-corrected chi connectivity index (χ2v) is 11.0. The van der Waals surface area contributed by atoms with Crippen molar-refractivity contribution < 1.29 is 0 Å². The van der Waals surface area contributed by atoms with Gasteiger partial charge in [0.1, 0.15) is 0 Å². The molecule has 0 fully saturated rings. The molecule has 0 atom stereocenters. The average molecular weight is 518 g/mol. The van der Waals surface area contributed by atoms with Crippen molar-refractivity contribution in [2.45, 2.75) is 130 Å². The summed E-state index contributed by atoms with van der Waals surface area (Å²) in [5.74, 6) is 0. The van der Waals surface area contributed by atoms with Crippen LogP contribution in [0.5, 0.6) is 0 Å². The van der Waals surface area contributed by atoms with Crippen LogP contribution >= 0.6 is 0 Å². The Kier molecular flexibility index (Phi) is 15.6. The van der Waals surface area contributed by atoms with E-state index < -0.39 is 0 Å². The van der Waals surface area contributed by atoms with Crippen molar-refractivity contribution in [2.75, 3.05) is 19.6 Å². The van der Waals surface area contributed by atoms with E-state index in [1.54, 1.807) is 25.0 Å². The molecule has 7 nitrogen and oxygen atoms in total. The van der Waals surface area contributed by atoms with Crippen LogP contribution in [0, 0.1) is 0 Å². The minimum absolute atomic E-state index is 0.224. The second kappa shape index (κ2) is 18.4. The highest BCUT2D eigenvalue weighted by Gasteiger charge is 2.14. The van der Waals surface area contributed by atoms with Crippen LogP contribution in [0.2, 0.25) is 0 Å². The average Bonchev–Trinajstić information content (AvgIpc) is 3.29. The molecule has 0 aromatic carbocycles. The fraction of sp³-hybridized carbons (Fsp3) is 0.833. The molecule has 2 aromatic rings. The Labute approximate surface area is 225 Å². The first-order chi connectivity index (χ1) is 18.0. The Morgan fingerprint density at radius 3 is 1.65 bits per heavy atom. The highest BCUT2D eigenvalue weighted by molar-refractivity contribution is 5.69. The summed E-state index contributed by atoms with van der Waals surface area (Å²) >= 11 is 0. The maximum Gasteiger partial charge on any atom is 0.332 e. The molecule has 0 aliphatic carbocycles. The minimum Gasteiger partial charge on any atom is -0.328 e. The lowest BCUT2D eigenvalue weighted by Crippen LogP contribution is -2.39. The number of aromatic nitrogens is 4.